The maximum Gasteiger partial charge on any atom is 0.303 e. The molecule has 0 aromatic carbocycles. The Kier molecular flexibility index (Phi) is 10.1. The van der Waals surface area contributed by atoms with Crippen molar-refractivity contribution in [1.29, 1.82) is 0 Å². The van der Waals surface area contributed by atoms with Gasteiger partial charge in [0.15, 0.2) is 0 Å². The smallest absolute Gasteiger partial charge is 0.303 e. The molecule has 0 radical (unpaired) electrons. The van der Waals surface area contributed by atoms with Crippen LogP contribution in [-0.4, -0.2) is 73.7 Å². The first-order valence-corrected chi connectivity index (χ1v) is 10.4. The number of carbonyl (C=O) groups is 4. The Morgan fingerprint density at radius 2 is 1.24 bits per heavy atom. The summed E-state index contributed by atoms with van der Waals surface area (Å²) in [6.07, 6.45) is 3.29. The normalized spacial score (nSPS) is 28.1. The fraction of sp³-hybridized carbons (Fsp3) is 0.565. The van der Waals surface area contributed by atoms with E-state index < -0.39 is 60.5 Å². The van der Waals surface area contributed by atoms with Gasteiger partial charge in [-0.15, -0.1) is 0 Å². The summed E-state index contributed by atoms with van der Waals surface area (Å²) in [5.41, 5.74) is 0. The first-order chi connectivity index (χ1) is 15.6. The van der Waals surface area contributed by atoms with E-state index in [9.17, 15) is 19.2 Å². The molecular formula is C23H28O10. The number of rotatable bonds is 7. The molecule has 0 amide bonds. The Morgan fingerprint density at radius 1 is 0.727 bits per heavy atom. The highest BCUT2D eigenvalue weighted by Gasteiger charge is 2.31. The highest BCUT2D eigenvalue weighted by Crippen LogP contribution is 2.20. The van der Waals surface area contributed by atoms with Gasteiger partial charge in [-0.1, -0.05) is 17.9 Å². The van der Waals surface area contributed by atoms with Crippen LogP contribution < -0.4 is 0 Å². The molecule has 0 aliphatic carbocycles. The van der Waals surface area contributed by atoms with E-state index in [4.69, 9.17) is 28.4 Å². The molecule has 0 N–H and O–H groups in total. The minimum absolute atomic E-state index is 0.0641. The van der Waals surface area contributed by atoms with Gasteiger partial charge in [0.05, 0.1) is 6.10 Å². The van der Waals surface area contributed by atoms with Crippen LogP contribution in [0.15, 0.2) is 24.3 Å². The van der Waals surface area contributed by atoms with E-state index in [0.29, 0.717) is 6.42 Å². The van der Waals surface area contributed by atoms with Crippen molar-refractivity contribution in [2.45, 2.75) is 70.7 Å². The minimum atomic E-state index is -0.690. The lowest BCUT2D eigenvalue weighted by atomic mass is 10.1. The molecule has 2 rings (SSSR count). The maximum absolute atomic E-state index is 11.3. The summed E-state index contributed by atoms with van der Waals surface area (Å²) < 4.78 is 32.0. The summed E-state index contributed by atoms with van der Waals surface area (Å²) >= 11 is 0. The van der Waals surface area contributed by atoms with E-state index in [1.54, 1.807) is 24.3 Å². The second-order valence-electron chi connectivity index (χ2n) is 7.36. The van der Waals surface area contributed by atoms with Crippen LogP contribution in [0.1, 0.15) is 34.1 Å². The van der Waals surface area contributed by atoms with Crippen molar-refractivity contribution in [2.24, 2.45) is 0 Å². The summed E-state index contributed by atoms with van der Waals surface area (Å²) in [6, 6.07) is 0. The maximum atomic E-state index is 11.3. The Balaban J connectivity index is 1.99. The van der Waals surface area contributed by atoms with E-state index in [0.717, 1.165) is 0 Å². The van der Waals surface area contributed by atoms with Gasteiger partial charge < -0.3 is 28.4 Å². The summed E-state index contributed by atoms with van der Waals surface area (Å²) in [7, 11) is 0. The van der Waals surface area contributed by atoms with Crippen LogP contribution in [0.2, 0.25) is 0 Å². The molecule has 2 aliphatic rings. The number of carbonyl (C=O) groups excluding carboxylic acids is 4. The van der Waals surface area contributed by atoms with Crippen LogP contribution in [0, 0.1) is 11.8 Å². The molecule has 0 spiro atoms. The Morgan fingerprint density at radius 3 is 1.76 bits per heavy atom. The van der Waals surface area contributed by atoms with Crippen molar-refractivity contribution in [3.8, 4) is 11.8 Å². The average Bonchev–Trinajstić information content (AvgIpc) is 2.72. The van der Waals surface area contributed by atoms with Crippen molar-refractivity contribution in [2.75, 3.05) is 13.2 Å². The zero-order valence-corrected chi connectivity index (χ0v) is 19.0. The largest absolute Gasteiger partial charge is 0.463 e. The molecule has 10 heteroatoms. The van der Waals surface area contributed by atoms with Gasteiger partial charge in [0.25, 0.3) is 0 Å². The summed E-state index contributed by atoms with van der Waals surface area (Å²) in [4.78, 5) is 44.9. The van der Waals surface area contributed by atoms with Crippen LogP contribution >= 0.6 is 0 Å². The molecular weight excluding hydrogens is 436 g/mol. The van der Waals surface area contributed by atoms with Gasteiger partial charge in [0.2, 0.25) is 0 Å². The highest BCUT2D eigenvalue weighted by atomic mass is 16.6. The van der Waals surface area contributed by atoms with Crippen LogP contribution in [-0.2, 0) is 47.6 Å². The van der Waals surface area contributed by atoms with E-state index >= 15 is 0 Å². The number of hydrogen-bond donors (Lipinski definition) is 0. The van der Waals surface area contributed by atoms with Crippen molar-refractivity contribution >= 4 is 23.9 Å². The predicted octanol–water partition coefficient (Wildman–Crippen LogP) is 1.02. The van der Waals surface area contributed by atoms with E-state index in [1.807, 2.05) is 0 Å². The van der Waals surface area contributed by atoms with Crippen LogP contribution in [0.25, 0.3) is 0 Å². The predicted molar refractivity (Wildman–Crippen MR) is 112 cm³/mol. The van der Waals surface area contributed by atoms with Crippen molar-refractivity contribution in [3.63, 3.8) is 0 Å². The average molecular weight is 464 g/mol. The topological polar surface area (TPSA) is 124 Å². The molecule has 0 unspecified atom stereocenters. The minimum Gasteiger partial charge on any atom is -0.463 e. The summed E-state index contributed by atoms with van der Waals surface area (Å²) in [6.45, 7) is 4.97. The van der Waals surface area contributed by atoms with Crippen molar-refractivity contribution < 1.29 is 47.6 Å². The molecule has 10 nitrogen and oxygen atoms in total. The number of hydrogen-bond acceptors (Lipinski definition) is 10. The van der Waals surface area contributed by atoms with Crippen LogP contribution in [0.5, 0.6) is 0 Å². The number of esters is 4. The van der Waals surface area contributed by atoms with Crippen molar-refractivity contribution in [3.05, 3.63) is 24.3 Å². The van der Waals surface area contributed by atoms with Gasteiger partial charge in [0.1, 0.15) is 43.7 Å². The molecule has 2 heterocycles. The zero-order chi connectivity index (χ0) is 24.4. The fourth-order valence-corrected chi connectivity index (χ4v) is 3.09. The van der Waals surface area contributed by atoms with Crippen LogP contribution in [0.4, 0.5) is 0 Å². The Hall–Kier alpha value is -3.16. The summed E-state index contributed by atoms with van der Waals surface area (Å²) in [5.74, 6) is 4.01. The molecule has 0 aromatic heterocycles. The molecule has 180 valence electrons. The molecule has 33 heavy (non-hydrogen) atoms. The second kappa shape index (κ2) is 12.8. The quantitative estimate of drug-likeness (QED) is 0.233. The molecule has 2 aliphatic heterocycles. The molecule has 0 saturated heterocycles. The van der Waals surface area contributed by atoms with Gasteiger partial charge in [-0.2, -0.15) is 0 Å². The molecule has 0 bridgehead atoms. The first kappa shape index (κ1) is 26.1. The van der Waals surface area contributed by atoms with E-state index in [-0.39, 0.29) is 13.2 Å². The zero-order valence-electron chi connectivity index (χ0n) is 19.0. The van der Waals surface area contributed by atoms with Gasteiger partial charge in [-0.3, -0.25) is 19.2 Å². The lowest BCUT2D eigenvalue weighted by molar-refractivity contribution is -0.163. The van der Waals surface area contributed by atoms with Gasteiger partial charge in [-0.25, -0.2) is 0 Å². The standard InChI is InChI=1S/C23H28O10/c1-14(24)28-12-22-20(30-16(3)26)10-8-18(32-22)6-5-7-19-9-11-21(31-17(4)27)23(33-19)13-29-15(2)25/h8-11,18-23H,6,12-13H2,1-4H3/t18-,19-,20+,21+,22-,23-/m1/s1. The van der Waals surface area contributed by atoms with Gasteiger partial charge in [-0.05, 0) is 18.2 Å². The third kappa shape index (κ3) is 9.47. The lowest BCUT2D eigenvalue weighted by Crippen LogP contribution is -2.41. The van der Waals surface area contributed by atoms with Gasteiger partial charge in [0, 0.05) is 34.1 Å². The van der Waals surface area contributed by atoms with Crippen molar-refractivity contribution in [1.82, 2.24) is 0 Å². The van der Waals surface area contributed by atoms with Crippen LogP contribution in [0.3, 0.4) is 0 Å². The molecule has 0 aromatic rings. The summed E-state index contributed by atoms with van der Waals surface area (Å²) in [5, 5.41) is 0. The second-order valence-corrected chi connectivity index (χ2v) is 7.36. The fourth-order valence-electron chi connectivity index (χ4n) is 3.09. The Labute approximate surface area is 192 Å². The van der Waals surface area contributed by atoms with E-state index in [1.165, 1.54) is 27.7 Å². The molecule has 0 saturated carbocycles. The third-order valence-corrected chi connectivity index (χ3v) is 4.45. The monoisotopic (exact) mass is 464 g/mol. The lowest BCUT2D eigenvalue weighted by Gasteiger charge is -2.31. The highest BCUT2D eigenvalue weighted by molar-refractivity contribution is 5.67. The number of ether oxygens (including phenoxy) is 6. The third-order valence-electron chi connectivity index (χ3n) is 4.45. The Bertz CT molecular complexity index is 849. The first-order valence-electron chi connectivity index (χ1n) is 10.4. The molecule has 0 fully saturated rings. The van der Waals surface area contributed by atoms with Gasteiger partial charge >= 0.3 is 23.9 Å². The SMILES string of the molecule is CC(=O)OC[C@H]1O[C@H](C#CC[C@@H]2C=C[C@H](OC(C)=O)[C@@H](COC(C)=O)O2)C=C[C@@H]1OC(C)=O. The molecule has 6 atom stereocenters. The van der Waals surface area contributed by atoms with E-state index in [2.05, 4.69) is 11.8 Å².